The quantitative estimate of drug-likeness (QED) is 0.824. The van der Waals surface area contributed by atoms with Crippen molar-refractivity contribution in [3.8, 4) is 11.5 Å². The Kier molecular flexibility index (Phi) is 4.78. The summed E-state index contributed by atoms with van der Waals surface area (Å²) in [5.41, 5.74) is 0.458. The van der Waals surface area contributed by atoms with Gasteiger partial charge in [-0.15, -0.1) is 0 Å². The maximum Gasteiger partial charge on any atom is 0.255 e. The number of carbonyl (C=O) groups is 1. The summed E-state index contributed by atoms with van der Waals surface area (Å²) in [7, 11) is 0. The van der Waals surface area contributed by atoms with Crippen LogP contribution in [-0.4, -0.2) is 73.6 Å². The normalized spacial score (nSPS) is 29.4. The molecule has 0 unspecified atom stereocenters. The van der Waals surface area contributed by atoms with Gasteiger partial charge in [-0.25, -0.2) is 0 Å². The van der Waals surface area contributed by atoms with E-state index in [4.69, 9.17) is 14.2 Å². The molecule has 4 rings (SSSR count). The number of nitrogens with zero attached hydrogens (tertiary/aromatic N) is 1. The Labute approximate surface area is 146 Å². The molecule has 0 bridgehead atoms. The van der Waals surface area contributed by atoms with E-state index in [1.807, 2.05) is 0 Å². The van der Waals surface area contributed by atoms with Crippen molar-refractivity contribution in [3.63, 3.8) is 0 Å². The molecular formula is C18H24N2O5. The van der Waals surface area contributed by atoms with Crippen LogP contribution < -0.4 is 14.8 Å². The van der Waals surface area contributed by atoms with E-state index >= 15 is 0 Å². The van der Waals surface area contributed by atoms with Gasteiger partial charge >= 0.3 is 0 Å². The Morgan fingerprint density at radius 2 is 1.92 bits per heavy atom. The van der Waals surface area contributed by atoms with Gasteiger partial charge in [0.25, 0.3) is 5.91 Å². The lowest BCUT2D eigenvalue weighted by Crippen LogP contribution is -2.51. The molecule has 25 heavy (non-hydrogen) atoms. The van der Waals surface area contributed by atoms with Crippen molar-refractivity contribution in [3.05, 3.63) is 23.8 Å². The molecule has 3 aliphatic rings. The predicted octanol–water partition coefficient (Wildman–Crippen LogP) is 0.412. The first-order valence-corrected chi connectivity index (χ1v) is 8.93. The molecule has 2 N–H and O–H groups in total. The smallest absolute Gasteiger partial charge is 0.255 e. The molecule has 1 aliphatic carbocycles. The number of aliphatic hydroxyl groups excluding tert-OH is 1. The van der Waals surface area contributed by atoms with Gasteiger partial charge in [0.1, 0.15) is 13.2 Å². The summed E-state index contributed by atoms with van der Waals surface area (Å²) in [5, 5.41) is 13.7. The number of morpholine rings is 1. The van der Waals surface area contributed by atoms with Crippen molar-refractivity contribution in [1.29, 1.82) is 0 Å². The number of amides is 1. The molecule has 2 aliphatic heterocycles. The van der Waals surface area contributed by atoms with Crippen LogP contribution in [0.5, 0.6) is 11.5 Å². The monoisotopic (exact) mass is 348 g/mol. The van der Waals surface area contributed by atoms with Crippen LogP contribution in [0.1, 0.15) is 23.2 Å². The first-order valence-electron chi connectivity index (χ1n) is 8.93. The van der Waals surface area contributed by atoms with Crippen LogP contribution in [0.4, 0.5) is 0 Å². The van der Waals surface area contributed by atoms with E-state index < -0.39 is 6.10 Å². The molecule has 2 heterocycles. The highest BCUT2D eigenvalue weighted by Gasteiger charge is 2.39. The summed E-state index contributed by atoms with van der Waals surface area (Å²) in [6.07, 6.45) is 1.07. The fourth-order valence-corrected chi connectivity index (χ4v) is 3.92. The van der Waals surface area contributed by atoms with Gasteiger partial charge in [-0.3, -0.25) is 9.69 Å². The van der Waals surface area contributed by atoms with Crippen LogP contribution in [0.2, 0.25) is 0 Å². The van der Waals surface area contributed by atoms with E-state index in [2.05, 4.69) is 10.2 Å². The van der Waals surface area contributed by atoms with Crippen LogP contribution in [0.25, 0.3) is 0 Å². The Morgan fingerprint density at radius 1 is 1.12 bits per heavy atom. The molecule has 1 saturated carbocycles. The van der Waals surface area contributed by atoms with E-state index in [1.54, 1.807) is 18.2 Å². The zero-order valence-electron chi connectivity index (χ0n) is 14.1. The summed E-state index contributed by atoms with van der Waals surface area (Å²) in [4.78, 5) is 15.0. The second kappa shape index (κ2) is 7.19. The van der Waals surface area contributed by atoms with E-state index in [1.165, 1.54) is 0 Å². The largest absolute Gasteiger partial charge is 0.486 e. The number of aliphatic hydroxyl groups is 1. The molecule has 136 valence electrons. The summed E-state index contributed by atoms with van der Waals surface area (Å²) in [6, 6.07) is 5.14. The van der Waals surface area contributed by atoms with Crippen LogP contribution in [0.15, 0.2) is 18.2 Å². The number of para-hydroxylation sites is 1. The SMILES string of the molecule is O=C(N[C@@H]1CC[C@@H](N2CCOCC2)[C@@H]1O)c1cccc2c1OCCO2. The maximum absolute atomic E-state index is 12.7. The minimum Gasteiger partial charge on any atom is -0.486 e. The van der Waals surface area contributed by atoms with Gasteiger partial charge in [-0.1, -0.05) is 6.07 Å². The topological polar surface area (TPSA) is 80.3 Å². The lowest BCUT2D eigenvalue weighted by Gasteiger charge is -2.34. The summed E-state index contributed by atoms with van der Waals surface area (Å²) >= 11 is 0. The highest BCUT2D eigenvalue weighted by molar-refractivity contribution is 5.98. The van der Waals surface area contributed by atoms with Gasteiger partial charge in [0.2, 0.25) is 0 Å². The zero-order chi connectivity index (χ0) is 17.2. The predicted molar refractivity (Wildman–Crippen MR) is 90.1 cm³/mol. The number of ether oxygens (including phenoxy) is 3. The van der Waals surface area contributed by atoms with Gasteiger partial charge in [-0.2, -0.15) is 0 Å². The van der Waals surface area contributed by atoms with Crippen molar-refractivity contribution < 1.29 is 24.1 Å². The van der Waals surface area contributed by atoms with Gasteiger partial charge in [0.05, 0.1) is 30.9 Å². The van der Waals surface area contributed by atoms with E-state index in [0.29, 0.717) is 43.5 Å². The number of benzene rings is 1. The first-order chi connectivity index (χ1) is 12.2. The molecule has 3 atom stereocenters. The molecule has 1 saturated heterocycles. The average Bonchev–Trinajstić information content (AvgIpc) is 3.02. The van der Waals surface area contributed by atoms with Crippen molar-refractivity contribution in [1.82, 2.24) is 10.2 Å². The summed E-state index contributed by atoms with van der Waals surface area (Å²) < 4.78 is 16.5. The lowest BCUT2D eigenvalue weighted by atomic mass is 10.1. The lowest BCUT2D eigenvalue weighted by molar-refractivity contribution is -0.0154. The number of nitrogens with one attached hydrogen (secondary N) is 1. The van der Waals surface area contributed by atoms with E-state index in [-0.39, 0.29) is 18.0 Å². The van der Waals surface area contributed by atoms with E-state index in [9.17, 15) is 9.90 Å². The number of fused-ring (bicyclic) bond motifs is 1. The Hall–Kier alpha value is -1.83. The van der Waals surface area contributed by atoms with Crippen LogP contribution >= 0.6 is 0 Å². The molecule has 0 radical (unpaired) electrons. The summed E-state index contributed by atoms with van der Waals surface area (Å²) in [5.74, 6) is 0.856. The Balaban J connectivity index is 1.43. The first kappa shape index (κ1) is 16.6. The van der Waals surface area contributed by atoms with Crippen molar-refractivity contribution in [2.24, 2.45) is 0 Å². The van der Waals surface area contributed by atoms with Crippen molar-refractivity contribution >= 4 is 5.91 Å². The van der Waals surface area contributed by atoms with Crippen molar-refractivity contribution in [2.45, 2.75) is 31.0 Å². The number of hydrogen-bond donors (Lipinski definition) is 2. The zero-order valence-corrected chi connectivity index (χ0v) is 14.1. The van der Waals surface area contributed by atoms with Gasteiger partial charge in [0, 0.05) is 19.1 Å². The Bertz CT molecular complexity index is 632. The molecule has 7 heteroatoms. The van der Waals surface area contributed by atoms with Crippen molar-refractivity contribution in [2.75, 3.05) is 39.5 Å². The number of hydrogen-bond acceptors (Lipinski definition) is 6. The second-order valence-corrected chi connectivity index (χ2v) is 6.69. The maximum atomic E-state index is 12.7. The van der Waals surface area contributed by atoms with Crippen LogP contribution in [0.3, 0.4) is 0 Å². The minimum atomic E-state index is -0.571. The molecule has 1 amide bonds. The molecule has 1 aromatic carbocycles. The summed E-state index contributed by atoms with van der Waals surface area (Å²) in [6.45, 7) is 3.99. The molecule has 7 nitrogen and oxygen atoms in total. The third kappa shape index (κ3) is 3.31. The fraction of sp³-hybridized carbons (Fsp3) is 0.611. The second-order valence-electron chi connectivity index (χ2n) is 6.69. The highest BCUT2D eigenvalue weighted by Crippen LogP contribution is 2.34. The minimum absolute atomic E-state index is 0.0819. The molecule has 0 spiro atoms. The van der Waals surface area contributed by atoms with E-state index in [0.717, 1.165) is 25.9 Å². The molecule has 1 aromatic rings. The van der Waals surface area contributed by atoms with Gasteiger partial charge in [-0.05, 0) is 25.0 Å². The Morgan fingerprint density at radius 3 is 2.76 bits per heavy atom. The average molecular weight is 348 g/mol. The van der Waals surface area contributed by atoms with Gasteiger partial charge < -0.3 is 24.6 Å². The third-order valence-corrected chi connectivity index (χ3v) is 5.22. The third-order valence-electron chi connectivity index (χ3n) is 5.22. The number of carbonyl (C=O) groups excluding carboxylic acids is 1. The molecule has 2 fully saturated rings. The fourth-order valence-electron chi connectivity index (χ4n) is 3.92. The highest BCUT2D eigenvalue weighted by atomic mass is 16.6. The van der Waals surface area contributed by atoms with Crippen LogP contribution in [0, 0.1) is 0 Å². The van der Waals surface area contributed by atoms with Crippen LogP contribution in [-0.2, 0) is 4.74 Å². The standard InChI is InChI=1S/C18H24N2O5/c21-16-13(4-5-14(16)20-6-8-23-9-7-20)19-18(22)12-2-1-3-15-17(12)25-11-10-24-15/h1-3,13-14,16,21H,4-11H2,(H,19,22)/t13-,14-,16-/m1/s1. The molecule has 0 aromatic heterocycles. The molecular weight excluding hydrogens is 324 g/mol. The number of rotatable bonds is 3. The van der Waals surface area contributed by atoms with Gasteiger partial charge in [0.15, 0.2) is 11.5 Å².